The number of rotatable bonds is 0. The van der Waals surface area contributed by atoms with Crippen LogP contribution in [-0.2, 0) is 0 Å². The summed E-state index contributed by atoms with van der Waals surface area (Å²) in [6.07, 6.45) is 5.64. The molecule has 0 fully saturated rings. The molecule has 1 atom stereocenters. The van der Waals surface area contributed by atoms with Crippen LogP contribution >= 0.6 is 0 Å². The van der Waals surface area contributed by atoms with Crippen molar-refractivity contribution in [3.8, 4) is 0 Å². The predicted molar refractivity (Wildman–Crippen MR) is 44.3 cm³/mol. The van der Waals surface area contributed by atoms with Crippen LogP contribution in [-0.4, -0.2) is 0 Å². The molecule has 10 heavy (non-hydrogen) atoms. The first kappa shape index (κ1) is 7.59. The van der Waals surface area contributed by atoms with Gasteiger partial charge in [-0.1, -0.05) is 25.5 Å². The van der Waals surface area contributed by atoms with Crippen molar-refractivity contribution in [2.75, 3.05) is 0 Å². The summed E-state index contributed by atoms with van der Waals surface area (Å²) < 4.78 is 0. The topological polar surface area (TPSA) is 0 Å². The van der Waals surface area contributed by atoms with Gasteiger partial charge in [0.1, 0.15) is 0 Å². The number of hydrogen-bond acceptors (Lipinski definition) is 0. The summed E-state index contributed by atoms with van der Waals surface area (Å²) in [5.41, 5.74) is 2.66. The van der Waals surface area contributed by atoms with Gasteiger partial charge in [-0.25, -0.2) is 0 Å². The van der Waals surface area contributed by atoms with E-state index in [1.165, 1.54) is 17.1 Å². The molecule has 1 rings (SSSR count). The third-order valence-corrected chi connectivity index (χ3v) is 2.15. The molecule has 0 nitrogen and oxygen atoms in total. The SMILES string of the molecule is C[C]1C=C(C)C(C)=[C]C1C. The van der Waals surface area contributed by atoms with Gasteiger partial charge in [0.2, 0.25) is 0 Å². The number of allylic oxidation sites excluding steroid dienone is 4. The molecule has 0 saturated heterocycles. The van der Waals surface area contributed by atoms with Gasteiger partial charge in [-0.05, 0) is 31.4 Å². The Balaban J connectivity index is 2.83. The first-order valence-corrected chi connectivity index (χ1v) is 3.73. The third-order valence-electron chi connectivity index (χ3n) is 2.15. The Labute approximate surface area is 63.6 Å². The van der Waals surface area contributed by atoms with Crippen molar-refractivity contribution in [2.45, 2.75) is 27.7 Å². The second-order valence-electron chi connectivity index (χ2n) is 3.06. The lowest BCUT2D eigenvalue weighted by Crippen LogP contribution is -2.06. The minimum absolute atomic E-state index is 0.517. The standard InChI is InChI=1S/C10H14/c1-7-5-9(3)10(4)6-8(7)2/h5,8H,1-4H3. The zero-order chi connectivity index (χ0) is 7.72. The maximum atomic E-state index is 3.39. The van der Waals surface area contributed by atoms with E-state index < -0.39 is 0 Å². The molecule has 0 aromatic carbocycles. The zero-order valence-corrected chi connectivity index (χ0v) is 7.15. The van der Waals surface area contributed by atoms with Crippen LogP contribution in [0.3, 0.4) is 0 Å². The fourth-order valence-electron chi connectivity index (χ4n) is 1.13. The van der Waals surface area contributed by atoms with E-state index in [-0.39, 0.29) is 0 Å². The van der Waals surface area contributed by atoms with E-state index in [9.17, 15) is 0 Å². The highest BCUT2D eigenvalue weighted by molar-refractivity contribution is 5.36. The van der Waals surface area contributed by atoms with Crippen molar-refractivity contribution in [3.63, 3.8) is 0 Å². The predicted octanol–water partition coefficient (Wildman–Crippen LogP) is 2.93. The first-order valence-electron chi connectivity index (χ1n) is 3.73. The molecule has 54 valence electrons. The molecule has 0 aliphatic heterocycles. The van der Waals surface area contributed by atoms with E-state index in [1.54, 1.807) is 0 Å². The Hall–Kier alpha value is -0.520. The maximum absolute atomic E-state index is 3.39. The van der Waals surface area contributed by atoms with Crippen molar-refractivity contribution in [3.05, 3.63) is 29.2 Å². The quantitative estimate of drug-likeness (QED) is 0.478. The molecule has 0 saturated carbocycles. The average molecular weight is 134 g/mol. The molecule has 0 aromatic rings. The normalized spacial score (nSPS) is 27.8. The maximum Gasteiger partial charge on any atom is 0.00197 e. The highest BCUT2D eigenvalue weighted by Gasteiger charge is 2.13. The summed E-state index contributed by atoms with van der Waals surface area (Å²) in [6, 6.07) is 0. The summed E-state index contributed by atoms with van der Waals surface area (Å²) in [5, 5.41) is 0. The second-order valence-corrected chi connectivity index (χ2v) is 3.06. The molecule has 1 aliphatic rings. The minimum atomic E-state index is 0.517. The van der Waals surface area contributed by atoms with Crippen LogP contribution in [0.4, 0.5) is 0 Å². The van der Waals surface area contributed by atoms with Crippen LogP contribution in [0.25, 0.3) is 0 Å². The van der Waals surface area contributed by atoms with Gasteiger partial charge in [0.25, 0.3) is 0 Å². The summed E-state index contributed by atoms with van der Waals surface area (Å²) in [5.74, 6) is 1.94. The molecule has 0 heterocycles. The van der Waals surface area contributed by atoms with E-state index in [0.29, 0.717) is 5.92 Å². The Bertz CT molecular complexity index is 162. The fourth-order valence-corrected chi connectivity index (χ4v) is 1.13. The zero-order valence-electron chi connectivity index (χ0n) is 7.15. The molecule has 0 amide bonds. The molecular formula is C10H14. The van der Waals surface area contributed by atoms with Gasteiger partial charge in [0.15, 0.2) is 0 Å². The van der Waals surface area contributed by atoms with E-state index in [2.05, 4.69) is 39.8 Å². The smallest absolute Gasteiger partial charge is 0.00197 e. The summed E-state index contributed by atoms with van der Waals surface area (Å²) in [4.78, 5) is 0. The van der Waals surface area contributed by atoms with Gasteiger partial charge in [0, 0.05) is 5.92 Å². The van der Waals surface area contributed by atoms with Gasteiger partial charge in [0.05, 0.1) is 0 Å². The van der Waals surface area contributed by atoms with E-state index in [0.717, 1.165) is 0 Å². The van der Waals surface area contributed by atoms with Crippen LogP contribution in [0.5, 0.6) is 0 Å². The summed E-state index contributed by atoms with van der Waals surface area (Å²) in [6.45, 7) is 8.60. The third kappa shape index (κ3) is 1.31. The monoisotopic (exact) mass is 134 g/mol. The lowest BCUT2D eigenvalue weighted by molar-refractivity contribution is 0.737. The second kappa shape index (κ2) is 2.61. The molecule has 0 spiro atoms. The lowest BCUT2D eigenvalue weighted by Gasteiger charge is -2.19. The van der Waals surface area contributed by atoms with Crippen molar-refractivity contribution >= 4 is 0 Å². The van der Waals surface area contributed by atoms with Gasteiger partial charge in [-0.15, -0.1) is 0 Å². The summed E-state index contributed by atoms with van der Waals surface area (Å²) in [7, 11) is 0. The van der Waals surface area contributed by atoms with Crippen LogP contribution in [0.1, 0.15) is 27.7 Å². The summed E-state index contributed by atoms with van der Waals surface area (Å²) >= 11 is 0. The van der Waals surface area contributed by atoms with Gasteiger partial charge in [-0.2, -0.15) is 0 Å². The molecule has 0 bridgehead atoms. The molecule has 0 N–H and O–H groups in total. The Kier molecular flexibility index (Phi) is 1.98. The van der Waals surface area contributed by atoms with Gasteiger partial charge < -0.3 is 0 Å². The molecule has 0 aromatic heterocycles. The molecular weight excluding hydrogens is 120 g/mol. The van der Waals surface area contributed by atoms with Gasteiger partial charge >= 0.3 is 0 Å². The lowest BCUT2D eigenvalue weighted by atomic mass is 9.85. The fraction of sp³-hybridized carbons (Fsp3) is 0.500. The Morgan fingerprint density at radius 3 is 2.40 bits per heavy atom. The van der Waals surface area contributed by atoms with Crippen molar-refractivity contribution in [2.24, 2.45) is 5.92 Å². The first-order chi connectivity index (χ1) is 4.61. The number of hydrogen-bond donors (Lipinski definition) is 0. The largest absolute Gasteiger partial charge is 0.0739 e. The van der Waals surface area contributed by atoms with Crippen LogP contribution in [0.15, 0.2) is 17.2 Å². The van der Waals surface area contributed by atoms with Gasteiger partial charge in [-0.3, -0.25) is 0 Å². The van der Waals surface area contributed by atoms with E-state index in [4.69, 9.17) is 0 Å². The molecule has 2 radical (unpaired) electrons. The van der Waals surface area contributed by atoms with Crippen LogP contribution in [0.2, 0.25) is 0 Å². The molecule has 1 unspecified atom stereocenters. The average Bonchev–Trinajstić information content (AvgIpc) is 1.84. The van der Waals surface area contributed by atoms with Crippen LogP contribution in [0, 0.1) is 17.9 Å². The van der Waals surface area contributed by atoms with E-state index in [1.807, 2.05) is 0 Å². The highest BCUT2D eigenvalue weighted by atomic mass is 14.2. The minimum Gasteiger partial charge on any atom is -0.0739 e. The molecule has 1 aliphatic carbocycles. The van der Waals surface area contributed by atoms with E-state index >= 15 is 0 Å². The van der Waals surface area contributed by atoms with Crippen molar-refractivity contribution < 1.29 is 0 Å². The Morgan fingerprint density at radius 2 is 1.90 bits per heavy atom. The van der Waals surface area contributed by atoms with Crippen molar-refractivity contribution in [1.82, 2.24) is 0 Å². The van der Waals surface area contributed by atoms with Crippen molar-refractivity contribution in [1.29, 1.82) is 0 Å². The molecule has 0 heteroatoms. The van der Waals surface area contributed by atoms with Crippen LogP contribution < -0.4 is 0 Å². The Morgan fingerprint density at radius 1 is 1.30 bits per heavy atom. The highest BCUT2D eigenvalue weighted by Crippen LogP contribution is 2.26.